The zero-order valence-electron chi connectivity index (χ0n) is 18.1. The average Bonchev–Trinajstić information content (AvgIpc) is 2.96. The Morgan fingerprint density at radius 2 is 1.97 bits per heavy atom. The van der Waals surface area contributed by atoms with E-state index in [4.69, 9.17) is 11.6 Å². The molecule has 1 aromatic rings. The Balaban J connectivity index is 1.41. The van der Waals surface area contributed by atoms with E-state index in [1.807, 2.05) is 4.90 Å². The summed E-state index contributed by atoms with van der Waals surface area (Å²) in [5.41, 5.74) is 0.625. The monoisotopic (exact) mass is 469 g/mol. The van der Waals surface area contributed by atoms with Crippen molar-refractivity contribution in [3.05, 3.63) is 40.7 Å². The van der Waals surface area contributed by atoms with E-state index < -0.39 is 18.1 Å². The lowest BCUT2D eigenvalue weighted by molar-refractivity contribution is -0.130. The summed E-state index contributed by atoms with van der Waals surface area (Å²) < 4.78 is 26.9. The lowest BCUT2D eigenvalue weighted by atomic mass is 10.1. The van der Waals surface area contributed by atoms with Crippen LogP contribution in [0.4, 0.5) is 8.78 Å². The van der Waals surface area contributed by atoms with E-state index >= 15 is 0 Å². The maximum atomic E-state index is 13.6. The molecular formula is C23H30ClF2N3O3. The number of hydrogen-bond donors (Lipinski definition) is 1. The predicted octanol–water partition coefficient (Wildman–Crippen LogP) is 2.74. The Labute approximate surface area is 192 Å². The lowest BCUT2D eigenvalue weighted by Crippen LogP contribution is -2.44. The smallest absolute Gasteiger partial charge is 0.246 e. The van der Waals surface area contributed by atoms with Gasteiger partial charge in [-0.15, -0.1) is 0 Å². The normalized spacial score (nSPS) is 23.1. The lowest BCUT2D eigenvalue weighted by Gasteiger charge is -2.32. The fourth-order valence-electron chi connectivity index (χ4n) is 4.01. The molecule has 6 nitrogen and oxygen atoms in total. The second kappa shape index (κ2) is 11.7. The van der Waals surface area contributed by atoms with Crippen LogP contribution in [-0.4, -0.2) is 89.7 Å². The molecular weight excluding hydrogens is 440 g/mol. The number of alkyl halides is 1. The fraction of sp³-hybridized carbons (Fsp3) is 0.565. The summed E-state index contributed by atoms with van der Waals surface area (Å²) >= 11 is 5.76. The first-order chi connectivity index (χ1) is 15.3. The van der Waals surface area contributed by atoms with E-state index in [1.54, 1.807) is 21.9 Å². The van der Waals surface area contributed by atoms with Crippen molar-refractivity contribution >= 4 is 29.5 Å². The first-order valence-corrected chi connectivity index (χ1v) is 11.5. The van der Waals surface area contributed by atoms with Crippen LogP contribution >= 0.6 is 11.6 Å². The maximum absolute atomic E-state index is 13.6. The molecule has 1 N–H and O–H groups in total. The minimum Gasteiger partial charge on any atom is -0.390 e. The van der Waals surface area contributed by atoms with Crippen molar-refractivity contribution < 1.29 is 23.5 Å². The predicted molar refractivity (Wildman–Crippen MR) is 119 cm³/mol. The molecule has 2 fully saturated rings. The van der Waals surface area contributed by atoms with Crippen molar-refractivity contribution in [1.29, 1.82) is 0 Å². The number of carbonyl (C=O) groups is 2. The van der Waals surface area contributed by atoms with E-state index in [0.717, 1.165) is 19.4 Å². The maximum Gasteiger partial charge on any atom is 0.246 e. The van der Waals surface area contributed by atoms with Crippen molar-refractivity contribution in [1.82, 2.24) is 14.7 Å². The van der Waals surface area contributed by atoms with Crippen LogP contribution in [0, 0.1) is 5.82 Å². The molecule has 0 spiro atoms. The first-order valence-electron chi connectivity index (χ1n) is 11.1. The van der Waals surface area contributed by atoms with Crippen LogP contribution < -0.4 is 0 Å². The van der Waals surface area contributed by atoms with Gasteiger partial charge in [-0.2, -0.15) is 0 Å². The van der Waals surface area contributed by atoms with Crippen molar-refractivity contribution in [2.24, 2.45) is 0 Å². The Morgan fingerprint density at radius 3 is 2.72 bits per heavy atom. The van der Waals surface area contributed by atoms with E-state index in [1.165, 1.54) is 18.2 Å². The molecule has 0 saturated carbocycles. The third kappa shape index (κ3) is 6.98. The van der Waals surface area contributed by atoms with Gasteiger partial charge in [-0.25, -0.2) is 8.78 Å². The van der Waals surface area contributed by atoms with E-state index in [0.29, 0.717) is 44.7 Å². The zero-order valence-corrected chi connectivity index (χ0v) is 18.8. The SMILES string of the molecule is O=C(/C=C/c1ccc(F)c(Cl)c1)N1CCC(=O)N(CCCCN2CC[C@@H](O)[C@@H](F)C2)CC1. The number of benzene rings is 1. The fourth-order valence-corrected chi connectivity index (χ4v) is 4.20. The molecule has 0 aromatic heterocycles. The van der Waals surface area contributed by atoms with Gasteiger partial charge in [0.25, 0.3) is 0 Å². The third-order valence-corrected chi connectivity index (χ3v) is 6.30. The van der Waals surface area contributed by atoms with Crippen LogP contribution in [0.25, 0.3) is 6.08 Å². The van der Waals surface area contributed by atoms with Crippen LogP contribution in [0.3, 0.4) is 0 Å². The van der Waals surface area contributed by atoms with Crippen molar-refractivity contribution in [2.75, 3.05) is 45.8 Å². The summed E-state index contributed by atoms with van der Waals surface area (Å²) in [5, 5.41) is 9.47. The molecule has 2 atom stereocenters. The largest absolute Gasteiger partial charge is 0.390 e. The number of rotatable bonds is 7. The molecule has 2 heterocycles. The molecule has 2 aliphatic heterocycles. The highest BCUT2D eigenvalue weighted by Gasteiger charge is 2.27. The number of carbonyl (C=O) groups excluding carboxylic acids is 2. The topological polar surface area (TPSA) is 64.1 Å². The highest BCUT2D eigenvalue weighted by Crippen LogP contribution is 2.17. The number of nitrogens with zero attached hydrogens (tertiary/aromatic N) is 3. The Morgan fingerprint density at radius 1 is 1.19 bits per heavy atom. The minimum absolute atomic E-state index is 0.00185. The number of halogens is 3. The van der Waals surface area contributed by atoms with Gasteiger partial charge in [-0.3, -0.25) is 9.59 Å². The van der Waals surface area contributed by atoms with Gasteiger partial charge in [0.05, 0.1) is 11.1 Å². The second-order valence-corrected chi connectivity index (χ2v) is 8.75. The minimum atomic E-state index is -1.19. The van der Waals surface area contributed by atoms with E-state index in [-0.39, 0.29) is 29.8 Å². The molecule has 2 aliphatic rings. The van der Waals surface area contributed by atoms with Gasteiger partial charge < -0.3 is 19.8 Å². The summed E-state index contributed by atoms with van der Waals surface area (Å²) in [7, 11) is 0. The molecule has 0 unspecified atom stereocenters. The number of amides is 2. The van der Waals surface area contributed by atoms with Crippen LogP contribution in [0.5, 0.6) is 0 Å². The van der Waals surface area contributed by atoms with Gasteiger partial charge in [0.2, 0.25) is 11.8 Å². The Kier molecular flexibility index (Phi) is 9.02. The van der Waals surface area contributed by atoms with Crippen LogP contribution in [-0.2, 0) is 9.59 Å². The average molecular weight is 470 g/mol. The number of aliphatic hydroxyl groups is 1. The molecule has 2 amide bonds. The summed E-state index contributed by atoms with van der Waals surface area (Å²) in [6.45, 7) is 3.60. The van der Waals surface area contributed by atoms with E-state index in [2.05, 4.69) is 0 Å². The highest BCUT2D eigenvalue weighted by atomic mass is 35.5. The van der Waals surface area contributed by atoms with Crippen molar-refractivity contribution in [2.45, 2.75) is 38.0 Å². The molecule has 1 aromatic carbocycles. The molecule has 0 radical (unpaired) electrons. The van der Waals surface area contributed by atoms with Gasteiger partial charge in [-0.05, 0) is 49.6 Å². The number of aliphatic hydroxyl groups excluding tert-OH is 1. The summed E-state index contributed by atoms with van der Waals surface area (Å²) in [6.07, 6.45) is 3.34. The van der Waals surface area contributed by atoms with Gasteiger partial charge in [0, 0.05) is 51.8 Å². The molecule has 3 rings (SSSR count). The van der Waals surface area contributed by atoms with Gasteiger partial charge in [-0.1, -0.05) is 17.7 Å². The van der Waals surface area contributed by atoms with Crippen LogP contribution in [0.2, 0.25) is 5.02 Å². The highest BCUT2D eigenvalue weighted by molar-refractivity contribution is 6.30. The molecule has 2 saturated heterocycles. The first kappa shape index (κ1) is 24.6. The van der Waals surface area contributed by atoms with Crippen LogP contribution in [0.15, 0.2) is 24.3 Å². The second-order valence-electron chi connectivity index (χ2n) is 8.34. The standard InChI is InChI=1S/C23H30ClF2N3O3/c24-18-15-17(3-5-19(18)25)4-6-22(31)29-12-8-23(32)28(13-14-29)10-2-1-9-27-11-7-21(30)20(26)16-27/h3-6,15,20-21,30H,1-2,7-14,16H2/b6-4+/t20-,21+/m0/s1. The van der Waals surface area contributed by atoms with Crippen LogP contribution in [0.1, 0.15) is 31.2 Å². The van der Waals surface area contributed by atoms with Crippen molar-refractivity contribution in [3.8, 4) is 0 Å². The summed E-state index contributed by atoms with van der Waals surface area (Å²) in [4.78, 5) is 30.4. The number of hydrogen-bond acceptors (Lipinski definition) is 4. The van der Waals surface area contributed by atoms with Gasteiger partial charge in [0.1, 0.15) is 12.0 Å². The summed E-state index contributed by atoms with van der Waals surface area (Å²) in [5.74, 6) is -0.685. The van der Waals surface area contributed by atoms with Gasteiger partial charge in [0.15, 0.2) is 0 Å². The number of likely N-dealkylation sites (tertiary alicyclic amines) is 1. The Hall–Kier alpha value is -2.03. The number of piperidine rings is 1. The van der Waals surface area contributed by atoms with Gasteiger partial charge >= 0.3 is 0 Å². The zero-order chi connectivity index (χ0) is 23.1. The molecule has 32 heavy (non-hydrogen) atoms. The molecule has 0 aliphatic carbocycles. The summed E-state index contributed by atoms with van der Waals surface area (Å²) in [6, 6.07) is 4.24. The van der Waals surface area contributed by atoms with E-state index in [9.17, 15) is 23.5 Å². The third-order valence-electron chi connectivity index (χ3n) is 6.01. The Bertz CT molecular complexity index is 839. The van der Waals surface area contributed by atoms with Crippen molar-refractivity contribution in [3.63, 3.8) is 0 Å². The molecule has 9 heteroatoms. The number of unbranched alkanes of at least 4 members (excludes halogenated alkanes) is 1. The molecule has 0 bridgehead atoms. The quantitative estimate of drug-likeness (QED) is 0.492. The molecule has 176 valence electrons.